The number of nitrogens with zero attached hydrogens (tertiary/aromatic N) is 1. The molecule has 0 radical (unpaired) electrons. The van der Waals surface area contributed by atoms with E-state index in [1.165, 1.54) is 5.57 Å². The van der Waals surface area contributed by atoms with E-state index in [0.717, 1.165) is 57.8 Å². The van der Waals surface area contributed by atoms with E-state index >= 15 is 0 Å². The SMILES string of the molecule is CC1(C)[C@@H](O)CC[C@]2(C)[C@H]3C(=O)C=C4[C@@H]5C[C@@](C)(C(=O)NCCNC(=O)c6ccc(C#N)cc6)CC[C@]5(C)CC[C@@]4(C)[C@]3(C)CC[C@@H]12. The number of hydrogen-bond acceptors (Lipinski definition) is 5. The molecular formula is C40H55N3O4. The first-order valence-electron chi connectivity index (χ1n) is 18.0. The zero-order chi connectivity index (χ0) is 34.2. The van der Waals surface area contributed by atoms with Gasteiger partial charge in [0.15, 0.2) is 5.78 Å². The van der Waals surface area contributed by atoms with Gasteiger partial charge >= 0.3 is 0 Å². The Morgan fingerprint density at radius 2 is 1.55 bits per heavy atom. The van der Waals surface area contributed by atoms with E-state index in [4.69, 9.17) is 5.26 Å². The lowest BCUT2D eigenvalue weighted by atomic mass is 9.33. The average Bonchev–Trinajstić information content (AvgIpc) is 3.03. The highest BCUT2D eigenvalue weighted by Gasteiger charge is 2.70. The predicted octanol–water partition coefficient (Wildman–Crippen LogP) is 6.75. The molecule has 6 rings (SSSR count). The van der Waals surface area contributed by atoms with E-state index in [1.807, 2.05) is 0 Å². The van der Waals surface area contributed by atoms with Crippen molar-refractivity contribution in [3.05, 3.63) is 47.0 Å². The van der Waals surface area contributed by atoms with Crippen molar-refractivity contribution < 1.29 is 19.5 Å². The third kappa shape index (κ3) is 5.03. The van der Waals surface area contributed by atoms with Gasteiger partial charge in [0, 0.05) is 30.0 Å². The predicted molar refractivity (Wildman–Crippen MR) is 182 cm³/mol. The Hall–Kier alpha value is -2.98. The van der Waals surface area contributed by atoms with E-state index in [2.05, 4.69) is 71.2 Å². The zero-order valence-electron chi connectivity index (χ0n) is 29.6. The minimum absolute atomic E-state index is 0.0160. The van der Waals surface area contributed by atoms with Gasteiger partial charge in [-0.3, -0.25) is 14.4 Å². The highest BCUT2D eigenvalue weighted by molar-refractivity contribution is 5.96. The fraction of sp³-hybridized carbons (Fsp3) is 0.700. The number of fused-ring (bicyclic) bond motifs is 7. The van der Waals surface area contributed by atoms with Crippen LogP contribution in [0, 0.1) is 61.6 Å². The van der Waals surface area contributed by atoms with Crippen LogP contribution in [-0.2, 0) is 9.59 Å². The van der Waals surface area contributed by atoms with E-state index in [0.29, 0.717) is 30.1 Å². The van der Waals surface area contributed by atoms with Gasteiger partial charge < -0.3 is 15.7 Å². The van der Waals surface area contributed by atoms with Crippen molar-refractivity contribution in [1.29, 1.82) is 5.26 Å². The molecule has 47 heavy (non-hydrogen) atoms. The van der Waals surface area contributed by atoms with E-state index in [1.54, 1.807) is 24.3 Å². The van der Waals surface area contributed by atoms with Crippen LogP contribution in [0.15, 0.2) is 35.9 Å². The van der Waals surface area contributed by atoms with Crippen LogP contribution < -0.4 is 10.6 Å². The lowest BCUT2D eigenvalue weighted by molar-refractivity contribution is -0.202. The molecule has 0 saturated heterocycles. The molecule has 9 atom stereocenters. The summed E-state index contributed by atoms with van der Waals surface area (Å²) in [6.45, 7) is 16.7. The fourth-order valence-electron chi connectivity index (χ4n) is 11.7. The number of aliphatic hydroxyl groups excluding tert-OH is 1. The Labute approximate surface area is 281 Å². The largest absolute Gasteiger partial charge is 0.393 e. The van der Waals surface area contributed by atoms with Crippen molar-refractivity contribution in [2.24, 2.45) is 50.2 Å². The summed E-state index contributed by atoms with van der Waals surface area (Å²) >= 11 is 0. The summed E-state index contributed by atoms with van der Waals surface area (Å²) in [6.07, 6.45) is 10.0. The number of carbonyl (C=O) groups excluding carboxylic acids is 3. The summed E-state index contributed by atoms with van der Waals surface area (Å²) in [6, 6.07) is 8.55. The maximum absolute atomic E-state index is 14.6. The van der Waals surface area contributed by atoms with Gasteiger partial charge in [-0.2, -0.15) is 5.26 Å². The number of ketones is 1. The van der Waals surface area contributed by atoms with Crippen LogP contribution >= 0.6 is 0 Å². The molecule has 3 N–H and O–H groups in total. The first kappa shape index (κ1) is 33.9. The maximum atomic E-state index is 14.6. The van der Waals surface area contributed by atoms with Crippen molar-refractivity contribution in [2.75, 3.05) is 13.1 Å². The number of rotatable bonds is 5. The molecule has 254 valence electrons. The Morgan fingerprint density at radius 1 is 0.894 bits per heavy atom. The van der Waals surface area contributed by atoms with Crippen LogP contribution in [0.5, 0.6) is 0 Å². The van der Waals surface area contributed by atoms with Crippen LogP contribution in [-0.4, -0.2) is 41.9 Å². The summed E-state index contributed by atoms with van der Waals surface area (Å²) in [5, 5.41) is 26.0. The van der Waals surface area contributed by atoms with Gasteiger partial charge in [-0.05, 0) is 127 Å². The Balaban J connectivity index is 1.19. The molecule has 0 heterocycles. The van der Waals surface area contributed by atoms with Crippen molar-refractivity contribution in [3.8, 4) is 6.07 Å². The maximum Gasteiger partial charge on any atom is 0.251 e. The lowest BCUT2D eigenvalue weighted by Crippen LogP contribution is -2.66. The summed E-state index contributed by atoms with van der Waals surface area (Å²) in [4.78, 5) is 40.9. The summed E-state index contributed by atoms with van der Waals surface area (Å²) in [7, 11) is 0. The highest BCUT2D eigenvalue weighted by Crippen LogP contribution is 2.75. The van der Waals surface area contributed by atoms with E-state index in [9.17, 15) is 19.5 Å². The molecule has 4 saturated carbocycles. The van der Waals surface area contributed by atoms with Crippen LogP contribution in [0.25, 0.3) is 0 Å². The molecule has 0 aliphatic heterocycles. The van der Waals surface area contributed by atoms with Crippen LogP contribution in [0.3, 0.4) is 0 Å². The molecular weight excluding hydrogens is 586 g/mol. The molecule has 5 aliphatic carbocycles. The molecule has 7 heteroatoms. The second-order valence-corrected chi connectivity index (χ2v) is 17.8. The quantitative estimate of drug-likeness (QED) is 0.308. The van der Waals surface area contributed by atoms with Gasteiger partial charge in [0.2, 0.25) is 5.91 Å². The third-order valence-electron chi connectivity index (χ3n) is 15.1. The molecule has 0 unspecified atom stereocenters. The van der Waals surface area contributed by atoms with Gasteiger partial charge in [0.25, 0.3) is 5.91 Å². The normalized spacial score (nSPS) is 41.9. The lowest BCUT2D eigenvalue weighted by Gasteiger charge is -2.70. The number of benzene rings is 1. The summed E-state index contributed by atoms with van der Waals surface area (Å²) in [5.74, 6) is 0.473. The Kier molecular flexibility index (Phi) is 8.14. The first-order chi connectivity index (χ1) is 21.9. The average molecular weight is 642 g/mol. The van der Waals surface area contributed by atoms with Crippen LogP contribution in [0.2, 0.25) is 0 Å². The molecule has 2 amide bonds. The monoisotopic (exact) mass is 641 g/mol. The van der Waals surface area contributed by atoms with Crippen LogP contribution in [0.4, 0.5) is 0 Å². The van der Waals surface area contributed by atoms with Crippen molar-refractivity contribution in [1.82, 2.24) is 10.6 Å². The molecule has 0 bridgehead atoms. The zero-order valence-corrected chi connectivity index (χ0v) is 29.6. The van der Waals surface area contributed by atoms with Crippen molar-refractivity contribution in [2.45, 2.75) is 112 Å². The smallest absolute Gasteiger partial charge is 0.251 e. The Bertz CT molecular complexity index is 1540. The summed E-state index contributed by atoms with van der Waals surface area (Å²) < 4.78 is 0. The standard InChI is InChI=1S/C40H55N3O4/c1-35(2)30-12-15-40(7)32(38(30,5)14-13-31(35)45)29(44)22-27-28-23-37(4,17-16-36(28,3)18-19-39(27,40)6)34(47)43-21-20-42-33(46)26-10-8-25(24-41)9-11-26/h8-11,22,28,30-32,45H,12-21,23H2,1-7H3,(H,42,46)(H,43,47)/t28-,30-,31-,32+,36+,37-,38-,39+,40+/m0/s1. The molecule has 5 aliphatic rings. The topological polar surface area (TPSA) is 119 Å². The molecule has 7 nitrogen and oxygen atoms in total. The first-order valence-corrected chi connectivity index (χ1v) is 18.0. The molecule has 4 fully saturated rings. The number of amides is 2. The molecule has 1 aromatic rings. The third-order valence-corrected chi connectivity index (χ3v) is 15.1. The number of aliphatic hydroxyl groups is 1. The summed E-state index contributed by atoms with van der Waals surface area (Å²) in [5.41, 5.74) is 1.13. The van der Waals surface area contributed by atoms with Gasteiger partial charge in [-0.15, -0.1) is 0 Å². The van der Waals surface area contributed by atoms with Gasteiger partial charge in [0.1, 0.15) is 0 Å². The van der Waals surface area contributed by atoms with E-state index < -0.39 is 5.41 Å². The fourth-order valence-corrected chi connectivity index (χ4v) is 11.7. The van der Waals surface area contributed by atoms with Gasteiger partial charge in [-0.1, -0.05) is 54.0 Å². The molecule has 1 aromatic carbocycles. The molecule has 0 aromatic heterocycles. The number of nitrogens with one attached hydrogen (secondary N) is 2. The minimum atomic E-state index is -0.561. The molecule has 0 spiro atoms. The number of carbonyl (C=O) groups is 3. The number of hydrogen-bond donors (Lipinski definition) is 3. The number of nitriles is 1. The van der Waals surface area contributed by atoms with Crippen molar-refractivity contribution >= 4 is 17.6 Å². The Morgan fingerprint density at radius 3 is 2.23 bits per heavy atom. The van der Waals surface area contributed by atoms with E-state index in [-0.39, 0.29) is 62.6 Å². The second kappa shape index (κ2) is 11.3. The van der Waals surface area contributed by atoms with Crippen molar-refractivity contribution in [3.63, 3.8) is 0 Å². The van der Waals surface area contributed by atoms with Gasteiger partial charge in [-0.25, -0.2) is 0 Å². The van der Waals surface area contributed by atoms with Crippen LogP contribution in [0.1, 0.15) is 122 Å². The second-order valence-electron chi connectivity index (χ2n) is 17.8. The van der Waals surface area contributed by atoms with Gasteiger partial charge in [0.05, 0.1) is 17.7 Å². The highest BCUT2D eigenvalue weighted by atomic mass is 16.3. The number of allylic oxidation sites excluding steroid dienone is 2. The minimum Gasteiger partial charge on any atom is -0.393 e.